The zero-order valence-corrected chi connectivity index (χ0v) is 23.0. The van der Waals surface area contributed by atoms with E-state index in [1.807, 2.05) is 0 Å². The van der Waals surface area contributed by atoms with Gasteiger partial charge in [0.25, 0.3) is 5.91 Å². The van der Waals surface area contributed by atoms with Gasteiger partial charge in [-0.2, -0.15) is 18.3 Å². The monoisotopic (exact) mass is 618 g/mol. The van der Waals surface area contributed by atoms with Crippen molar-refractivity contribution in [3.05, 3.63) is 71.4 Å². The SMILES string of the molecule is Nc1ncnn2c(CN3CCOCC3)c(C(=O)NCCF)c(-c3ccc(NC(=O)Nc4cc(C(F)(F)F)ccc4F)cc3)c12. The molecule has 0 atom stereocenters. The van der Waals surface area contributed by atoms with Crippen LogP contribution < -0.4 is 21.7 Å². The lowest BCUT2D eigenvalue weighted by Crippen LogP contribution is -2.37. The third-order valence-electron chi connectivity index (χ3n) is 6.91. The van der Waals surface area contributed by atoms with E-state index >= 15 is 0 Å². The predicted molar refractivity (Wildman–Crippen MR) is 151 cm³/mol. The van der Waals surface area contributed by atoms with Crippen molar-refractivity contribution in [1.29, 1.82) is 0 Å². The molecule has 5 N–H and O–H groups in total. The molecule has 2 aromatic carbocycles. The summed E-state index contributed by atoms with van der Waals surface area (Å²) >= 11 is 0. The van der Waals surface area contributed by atoms with E-state index < -0.39 is 41.9 Å². The molecule has 44 heavy (non-hydrogen) atoms. The Morgan fingerprint density at radius 1 is 1.05 bits per heavy atom. The number of anilines is 3. The number of amides is 3. The Balaban J connectivity index is 1.47. The number of nitrogens with zero attached hydrogens (tertiary/aromatic N) is 4. The van der Waals surface area contributed by atoms with Crippen LogP contribution in [-0.4, -0.2) is 71.0 Å². The summed E-state index contributed by atoms with van der Waals surface area (Å²) in [7, 11) is 0. The number of morpholine rings is 1. The van der Waals surface area contributed by atoms with E-state index in [9.17, 15) is 31.5 Å². The van der Waals surface area contributed by atoms with Crippen LogP contribution in [0.5, 0.6) is 0 Å². The second-order valence-electron chi connectivity index (χ2n) is 9.78. The summed E-state index contributed by atoms with van der Waals surface area (Å²) in [6, 6.07) is 6.80. The lowest BCUT2D eigenvalue weighted by atomic mass is 9.99. The minimum absolute atomic E-state index is 0.0902. The summed E-state index contributed by atoms with van der Waals surface area (Å²) in [6.45, 7) is 1.57. The van der Waals surface area contributed by atoms with Crippen LogP contribution in [0, 0.1) is 5.82 Å². The summed E-state index contributed by atoms with van der Waals surface area (Å²) < 4.78 is 73.2. The lowest BCUT2D eigenvalue weighted by molar-refractivity contribution is -0.137. The van der Waals surface area contributed by atoms with Gasteiger partial charge in [-0.3, -0.25) is 9.69 Å². The number of hydrogen-bond donors (Lipinski definition) is 4. The highest BCUT2D eigenvalue weighted by atomic mass is 19.4. The number of aromatic nitrogens is 3. The van der Waals surface area contributed by atoms with Crippen LogP contribution >= 0.6 is 0 Å². The number of urea groups is 1. The third kappa shape index (κ3) is 6.55. The van der Waals surface area contributed by atoms with Crippen molar-refractivity contribution >= 4 is 34.6 Å². The van der Waals surface area contributed by atoms with Gasteiger partial charge in [0.15, 0.2) is 5.82 Å². The molecule has 0 bridgehead atoms. The largest absolute Gasteiger partial charge is 0.416 e. The normalized spacial score (nSPS) is 14.0. The van der Waals surface area contributed by atoms with Crippen LogP contribution in [0.15, 0.2) is 48.8 Å². The van der Waals surface area contributed by atoms with Crippen LogP contribution in [0.2, 0.25) is 0 Å². The highest BCUT2D eigenvalue weighted by Gasteiger charge is 2.32. The van der Waals surface area contributed by atoms with E-state index in [1.165, 1.54) is 23.0 Å². The highest BCUT2D eigenvalue weighted by molar-refractivity contribution is 6.08. The molecule has 3 heterocycles. The van der Waals surface area contributed by atoms with E-state index in [2.05, 4.69) is 30.9 Å². The molecule has 16 heteroatoms. The van der Waals surface area contributed by atoms with Crippen molar-refractivity contribution in [3.8, 4) is 11.1 Å². The van der Waals surface area contributed by atoms with E-state index in [0.29, 0.717) is 73.4 Å². The van der Waals surface area contributed by atoms with Crippen molar-refractivity contribution in [2.24, 2.45) is 0 Å². The van der Waals surface area contributed by atoms with Crippen LogP contribution in [0.4, 0.5) is 43.9 Å². The Labute approximate surface area is 247 Å². The van der Waals surface area contributed by atoms with Crippen LogP contribution in [0.3, 0.4) is 0 Å². The Morgan fingerprint density at radius 2 is 1.77 bits per heavy atom. The Morgan fingerprint density at radius 3 is 2.45 bits per heavy atom. The molecule has 1 saturated heterocycles. The zero-order valence-electron chi connectivity index (χ0n) is 23.0. The van der Waals surface area contributed by atoms with Gasteiger partial charge >= 0.3 is 12.2 Å². The third-order valence-corrected chi connectivity index (χ3v) is 6.91. The van der Waals surface area contributed by atoms with Crippen LogP contribution in [0.1, 0.15) is 21.6 Å². The number of nitrogens with two attached hydrogens (primary N) is 1. The maximum Gasteiger partial charge on any atom is 0.416 e. The summed E-state index contributed by atoms with van der Waals surface area (Å²) in [5.41, 5.74) is 6.64. The molecule has 0 aliphatic carbocycles. The number of nitrogens with one attached hydrogen (secondary N) is 3. The van der Waals surface area contributed by atoms with E-state index in [0.717, 1.165) is 0 Å². The van der Waals surface area contributed by atoms with Gasteiger partial charge in [-0.1, -0.05) is 12.1 Å². The molecule has 232 valence electrons. The van der Waals surface area contributed by atoms with Crippen molar-refractivity contribution in [2.75, 3.05) is 55.9 Å². The summed E-state index contributed by atoms with van der Waals surface area (Å²) in [5, 5.41) is 11.4. The van der Waals surface area contributed by atoms with Crippen LogP contribution in [-0.2, 0) is 17.5 Å². The van der Waals surface area contributed by atoms with Gasteiger partial charge in [0.05, 0.1) is 35.7 Å². The molecule has 11 nitrogen and oxygen atoms in total. The first-order chi connectivity index (χ1) is 21.1. The van der Waals surface area contributed by atoms with E-state index in [1.54, 1.807) is 12.1 Å². The maximum atomic E-state index is 14.1. The average Bonchev–Trinajstić information content (AvgIpc) is 3.32. The molecule has 2 aromatic heterocycles. The molecule has 1 aliphatic rings. The van der Waals surface area contributed by atoms with Gasteiger partial charge in [0, 0.05) is 37.4 Å². The first-order valence-corrected chi connectivity index (χ1v) is 13.4. The standard InChI is InChI=1S/C28H27F5N8O3/c29-7-8-35-26(42)23-21(14-40-9-11-44-12-10-40)41-24(25(34)36-15-37-41)22(23)16-1-4-18(5-2-16)38-27(43)39-20-13-17(28(31,32)33)3-6-19(20)30/h1-6,13,15H,7-12,14H2,(H,35,42)(H2,34,36,37)(H2,38,39,43). The van der Waals surface area contributed by atoms with E-state index in [4.69, 9.17) is 10.5 Å². The van der Waals surface area contributed by atoms with Crippen molar-refractivity contribution in [2.45, 2.75) is 12.7 Å². The van der Waals surface area contributed by atoms with Crippen LogP contribution in [0.25, 0.3) is 16.6 Å². The lowest BCUT2D eigenvalue weighted by Gasteiger charge is -2.26. The second kappa shape index (κ2) is 12.8. The summed E-state index contributed by atoms with van der Waals surface area (Å²) in [5.74, 6) is -1.50. The number of benzene rings is 2. The number of halogens is 5. The summed E-state index contributed by atoms with van der Waals surface area (Å²) in [6.07, 6.45) is -3.46. The first kappa shape index (κ1) is 30.6. The topological polar surface area (TPSA) is 139 Å². The Kier molecular flexibility index (Phi) is 8.91. The molecule has 3 amide bonds. The number of carbonyl (C=O) groups excluding carboxylic acids is 2. The van der Waals surface area contributed by atoms with Gasteiger partial charge in [-0.15, -0.1) is 0 Å². The number of hydrogen-bond acceptors (Lipinski definition) is 7. The fraction of sp³-hybridized carbons (Fsp3) is 0.286. The molecule has 0 unspecified atom stereocenters. The first-order valence-electron chi connectivity index (χ1n) is 13.4. The number of fused-ring (bicyclic) bond motifs is 1. The zero-order chi connectivity index (χ0) is 31.4. The van der Waals surface area contributed by atoms with Crippen molar-refractivity contribution < 1.29 is 36.3 Å². The molecule has 5 rings (SSSR count). The van der Waals surface area contributed by atoms with Gasteiger partial charge in [0.1, 0.15) is 24.3 Å². The molecule has 0 radical (unpaired) electrons. The van der Waals surface area contributed by atoms with E-state index in [-0.39, 0.29) is 23.6 Å². The van der Waals surface area contributed by atoms with Crippen molar-refractivity contribution in [3.63, 3.8) is 0 Å². The van der Waals surface area contributed by atoms with Gasteiger partial charge in [0.2, 0.25) is 0 Å². The molecular formula is C28H27F5N8O3. The smallest absolute Gasteiger partial charge is 0.382 e. The van der Waals surface area contributed by atoms with Gasteiger partial charge < -0.3 is 26.4 Å². The molecular weight excluding hydrogens is 591 g/mol. The molecule has 1 fully saturated rings. The summed E-state index contributed by atoms with van der Waals surface area (Å²) in [4.78, 5) is 32.1. The van der Waals surface area contributed by atoms with Gasteiger partial charge in [-0.05, 0) is 35.9 Å². The number of rotatable bonds is 8. The number of nitrogen functional groups attached to an aromatic ring is 1. The molecule has 0 saturated carbocycles. The molecule has 4 aromatic rings. The Hall–Kier alpha value is -4.83. The average molecular weight is 619 g/mol. The highest BCUT2D eigenvalue weighted by Crippen LogP contribution is 2.37. The fourth-order valence-corrected chi connectivity index (χ4v) is 4.87. The minimum atomic E-state index is -4.72. The minimum Gasteiger partial charge on any atom is -0.382 e. The fourth-order valence-electron chi connectivity index (χ4n) is 4.87. The number of carbonyl (C=O) groups is 2. The molecule has 0 spiro atoms. The van der Waals surface area contributed by atoms with Gasteiger partial charge in [-0.25, -0.2) is 23.1 Å². The number of ether oxygens (including phenoxy) is 1. The second-order valence-corrected chi connectivity index (χ2v) is 9.78. The van der Waals surface area contributed by atoms with Crippen molar-refractivity contribution in [1.82, 2.24) is 24.8 Å². The molecule has 1 aliphatic heterocycles. The maximum absolute atomic E-state index is 14.1. The predicted octanol–water partition coefficient (Wildman–Crippen LogP) is 4.31. The number of alkyl halides is 4. The quantitative estimate of drug-likeness (QED) is 0.216. The Bertz CT molecular complexity index is 1670.